The van der Waals surface area contributed by atoms with Crippen LogP contribution in [-0.2, 0) is 9.53 Å². The fourth-order valence-corrected chi connectivity index (χ4v) is 4.30. The van der Waals surface area contributed by atoms with Gasteiger partial charge in [-0.3, -0.25) is 14.9 Å². The number of nitrogens with zero attached hydrogens (tertiary/aromatic N) is 1. The topological polar surface area (TPSA) is 104 Å². The molecule has 31 heavy (non-hydrogen) atoms. The number of nitro groups is 1. The van der Waals surface area contributed by atoms with Gasteiger partial charge in [0.05, 0.1) is 25.6 Å². The molecule has 1 aliphatic heterocycles. The fourth-order valence-electron chi connectivity index (χ4n) is 4.30. The Kier molecular flexibility index (Phi) is 5.79. The van der Waals surface area contributed by atoms with Crippen LogP contribution in [0.4, 0.5) is 0 Å². The van der Waals surface area contributed by atoms with Crippen LogP contribution in [0.1, 0.15) is 37.3 Å². The van der Waals surface area contributed by atoms with E-state index in [2.05, 4.69) is 4.98 Å². The van der Waals surface area contributed by atoms with Crippen molar-refractivity contribution in [3.63, 3.8) is 0 Å². The van der Waals surface area contributed by atoms with Gasteiger partial charge in [-0.1, -0.05) is 30.3 Å². The predicted octanol–water partition coefficient (Wildman–Crippen LogP) is 4.06. The Labute approximate surface area is 179 Å². The number of ether oxygens (including phenoxy) is 3. The molecule has 0 saturated heterocycles. The molecule has 8 heteroatoms. The molecule has 1 aliphatic rings. The van der Waals surface area contributed by atoms with Crippen molar-refractivity contribution in [2.24, 2.45) is 0 Å². The van der Waals surface area contributed by atoms with Crippen LogP contribution >= 0.6 is 0 Å². The normalized spacial score (nSPS) is 20.0. The molecule has 1 aromatic heterocycles. The van der Waals surface area contributed by atoms with E-state index in [1.165, 1.54) is 0 Å². The summed E-state index contributed by atoms with van der Waals surface area (Å²) in [6.07, 6.45) is 0.579. The number of carbonyl (C=O) groups is 1. The lowest BCUT2D eigenvalue weighted by atomic mass is 9.79. The van der Waals surface area contributed by atoms with Crippen molar-refractivity contribution in [1.29, 1.82) is 0 Å². The minimum absolute atomic E-state index is 0.196. The molecule has 3 aromatic rings. The van der Waals surface area contributed by atoms with Gasteiger partial charge in [0.25, 0.3) is 6.04 Å². The van der Waals surface area contributed by atoms with Crippen LogP contribution in [0.5, 0.6) is 11.5 Å². The van der Waals surface area contributed by atoms with Crippen molar-refractivity contribution >= 4 is 16.9 Å². The SMILES string of the molecule is CCOC(=O)C[C@@H]1Oc2c(OCC)cccc2[C@H](c2c[nH]c3ccccc23)[C@H]1[N+](=O)[O-]. The molecular formula is C23H24N2O6. The number of rotatable bonds is 7. The zero-order valence-corrected chi connectivity index (χ0v) is 17.4. The van der Waals surface area contributed by atoms with E-state index in [9.17, 15) is 14.9 Å². The minimum Gasteiger partial charge on any atom is -0.490 e. The molecule has 0 spiro atoms. The third kappa shape index (κ3) is 3.81. The fraction of sp³-hybridized carbons (Fsp3) is 0.348. The number of hydrogen-bond acceptors (Lipinski definition) is 6. The number of fused-ring (bicyclic) bond motifs is 2. The summed E-state index contributed by atoms with van der Waals surface area (Å²) in [6.45, 7) is 4.16. The number of nitrogens with one attached hydrogen (secondary N) is 1. The Morgan fingerprint density at radius 2 is 1.94 bits per heavy atom. The molecule has 2 aromatic carbocycles. The van der Waals surface area contributed by atoms with Crippen LogP contribution in [0, 0.1) is 10.1 Å². The molecule has 0 amide bonds. The molecule has 8 nitrogen and oxygen atoms in total. The summed E-state index contributed by atoms with van der Waals surface area (Å²) < 4.78 is 16.9. The number of aromatic amines is 1. The maximum atomic E-state index is 12.3. The van der Waals surface area contributed by atoms with E-state index in [-0.39, 0.29) is 18.0 Å². The van der Waals surface area contributed by atoms with Crippen LogP contribution in [0.3, 0.4) is 0 Å². The lowest BCUT2D eigenvalue weighted by Gasteiger charge is -2.35. The summed E-state index contributed by atoms with van der Waals surface area (Å²) in [5.74, 6) is -0.225. The van der Waals surface area contributed by atoms with E-state index in [0.29, 0.717) is 23.7 Å². The maximum Gasteiger partial charge on any atom is 0.309 e. The molecule has 162 valence electrons. The smallest absolute Gasteiger partial charge is 0.309 e. The number of hydrogen-bond donors (Lipinski definition) is 1. The Balaban J connectivity index is 1.90. The molecule has 2 heterocycles. The van der Waals surface area contributed by atoms with Gasteiger partial charge in [-0.2, -0.15) is 0 Å². The molecule has 3 atom stereocenters. The summed E-state index contributed by atoms with van der Waals surface area (Å²) in [5.41, 5.74) is 2.33. The second-order valence-electron chi connectivity index (χ2n) is 7.32. The van der Waals surface area contributed by atoms with E-state index in [4.69, 9.17) is 14.2 Å². The van der Waals surface area contributed by atoms with Crippen molar-refractivity contribution < 1.29 is 23.9 Å². The first kappa shape index (κ1) is 20.7. The highest BCUT2D eigenvalue weighted by molar-refractivity contribution is 5.84. The van der Waals surface area contributed by atoms with Crippen LogP contribution in [0.25, 0.3) is 10.9 Å². The van der Waals surface area contributed by atoms with Gasteiger partial charge in [0.1, 0.15) is 0 Å². The third-order valence-electron chi connectivity index (χ3n) is 5.51. The van der Waals surface area contributed by atoms with Crippen LogP contribution in [-0.4, -0.2) is 41.2 Å². The summed E-state index contributed by atoms with van der Waals surface area (Å²) >= 11 is 0. The highest BCUT2D eigenvalue weighted by atomic mass is 16.6. The number of esters is 1. The van der Waals surface area contributed by atoms with E-state index in [1.54, 1.807) is 25.3 Å². The maximum absolute atomic E-state index is 12.3. The first-order valence-corrected chi connectivity index (χ1v) is 10.3. The van der Waals surface area contributed by atoms with Crippen LogP contribution in [0.15, 0.2) is 48.7 Å². The van der Waals surface area contributed by atoms with Gasteiger partial charge in [0.2, 0.25) is 0 Å². The van der Waals surface area contributed by atoms with Gasteiger partial charge in [-0.15, -0.1) is 0 Å². The predicted molar refractivity (Wildman–Crippen MR) is 114 cm³/mol. The van der Waals surface area contributed by atoms with E-state index in [0.717, 1.165) is 16.5 Å². The summed E-state index contributed by atoms with van der Waals surface area (Å²) in [7, 11) is 0. The molecule has 1 N–H and O–H groups in total. The number of aromatic nitrogens is 1. The highest BCUT2D eigenvalue weighted by Gasteiger charge is 2.49. The lowest BCUT2D eigenvalue weighted by molar-refractivity contribution is -0.537. The molecule has 4 rings (SSSR count). The second-order valence-corrected chi connectivity index (χ2v) is 7.32. The number of carbonyl (C=O) groups excluding carboxylic acids is 1. The average Bonchev–Trinajstić information content (AvgIpc) is 3.17. The van der Waals surface area contributed by atoms with Gasteiger partial charge in [-0.05, 0) is 31.5 Å². The molecule has 0 fully saturated rings. The van der Waals surface area contributed by atoms with Gasteiger partial charge in [0.15, 0.2) is 17.6 Å². The lowest BCUT2D eigenvalue weighted by Crippen LogP contribution is -2.47. The third-order valence-corrected chi connectivity index (χ3v) is 5.51. The Hall–Kier alpha value is -3.55. The number of para-hydroxylation sites is 2. The van der Waals surface area contributed by atoms with Crippen LogP contribution in [0.2, 0.25) is 0 Å². The zero-order valence-electron chi connectivity index (χ0n) is 17.4. The van der Waals surface area contributed by atoms with Gasteiger partial charge in [-0.25, -0.2) is 0 Å². The van der Waals surface area contributed by atoms with Gasteiger partial charge >= 0.3 is 5.97 Å². The van der Waals surface area contributed by atoms with Crippen molar-refractivity contribution in [1.82, 2.24) is 4.98 Å². The molecule has 0 radical (unpaired) electrons. The van der Waals surface area contributed by atoms with E-state index >= 15 is 0 Å². The monoisotopic (exact) mass is 424 g/mol. The summed E-state index contributed by atoms with van der Waals surface area (Å²) in [6, 6.07) is 11.9. The standard InChI is InChI=1S/C23H24N2O6/c1-3-29-18-11-7-9-15-21(16-13-24-17-10-6-5-8-14(16)17)22(25(27)28)19(31-23(15)18)12-20(26)30-4-2/h5-11,13,19,21-22,24H,3-4,12H2,1-2H3/t19-,21+,22-/m0/s1. The van der Waals surface area contributed by atoms with Crippen molar-refractivity contribution in [3.8, 4) is 11.5 Å². The molecule has 0 saturated carbocycles. The van der Waals surface area contributed by atoms with E-state index < -0.39 is 24.0 Å². The zero-order chi connectivity index (χ0) is 22.0. The second kappa shape index (κ2) is 8.67. The van der Waals surface area contributed by atoms with Gasteiger partial charge in [0, 0.05) is 27.6 Å². The first-order valence-electron chi connectivity index (χ1n) is 10.3. The Bertz CT molecular complexity index is 1110. The first-order chi connectivity index (χ1) is 15.0. The van der Waals surface area contributed by atoms with Crippen molar-refractivity contribution in [2.45, 2.75) is 38.3 Å². The number of H-pyrrole nitrogens is 1. The van der Waals surface area contributed by atoms with E-state index in [1.807, 2.05) is 37.3 Å². The molecular weight excluding hydrogens is 400 g/mol. The molecule has 0 aliphatic carbocycles. The Morgan fingerprint density at radius 3 is 2.68 bits per heavy atom. The largest absolute Gasteiger partial charge is 0.490 e. The minimum atomic E-state index is -1.17. The van der Waals surface area contributed by atoms with Crippen molar-refractivity contribution in [3.05, 3.63) is 69.9 Å². The number of benzene rings is 2. The highest BCUT2D eigenvalue weighted by Crippen LogP contribution is 2.48. The summed E-state index contributed by atoms with van der Waals surface area (Å²) in [4.78, 5) is 27.4. The molecule has 0 unspecified atom stereocenters. The van der Waals surface area contributed by atoms with Gasteiger partial charge < -0.3 is 19.2 Å². The van der Waals surface area contributed by atoms with Crippen molar-refractivity contribution in [2.75, 3.05) is 13.2 Å². The van der Waals surface area contributed by atoms with Crippen LogP contribution < -0.4 is 9.47 Å². The average molecular weight is 424 g/mol. The molecule has 0 bridgehead atoms. The summed E-state index contributed by atoms with van der Waals surface area (Å²) in [5, 5.41) is 13.2. The quantitative estimate of drug-likeness (QED) is 0.349. The Morgan fingerprint density at radius 1 is 1.13 bits per heavy atom.